The molecule has 4 rings (SSSR count). The topological polar surface area (TPSA) is 77.8 Å². The van der Waals surface area contributed by atoms with Gasteiger partial charge in [-0.25, -0.2) is 0 Å². The number of esters is 1. The van der Waals surface area contributed by atoms with E-state index in [1.54, 1.807) is 41.8 Å². The standard InChI is InChI=1S/C28H28N2O5/c1-5-15-28(27(33)35-16-6-2)18-30(17-19-11-13-20(34-4)14-12-19)26(32)24-23(25(28)31)21-9-7-8-10-22(21)29(24)3/h5-14H,1-2,15-18H2,3-4H3. The van der Waals surface area contributed by atoms with Crippen LogP contribution in [-0.4, -0.2) is 47.4 Å². The number of aryl methyl sites for hydroxylation is 1. The molecule has 1 aromatic heterocycles. The lowest BCUT2D eigenvalue weighted by Crippen LogP contribution is -2.48. The van der Waals surface area contributed by atoms with Crippen LogP contribution in [0.2, 0.25) is 0 Å². The highest BCUT2D eigenvalue weighted by molar-refractivity contribution is 6.24. The Morgan fingerprint density at radius 3 is 2.46 bits per heavy atom. The number of Topliss-reactive ketones (excluding diaryl/α,β-unsaturated/α-hetero) is 1. The van der Waals surface area contributed by atoms with Gasteiger partial charge in [0.25, 0.3) is 5.91 Å². The summed E-state index contributed by atoms with van der Waals surface area (Å²) >= 11 is 0. The molecule has 0 bridgehead atoms. The molecule has 0 aliphatic carbocycles. The summed E-state index contributed by atoms with van der Waals surface area (Å²) in [5.74, 6) is -0.777. The van der Waals surface area contributed by atoms with Crippen molar-refractivity contribution >= 4 is 28.6 Å². The summed E-state index contributed by atoms with van der Waals surface area (Å²) in [6, 6.07) is 14.6. The molecule has 0 N–H and O–H groups in total. The molecule has 0 radical (unpaired) electrons. The number of methoxy groups -OCH3 is 1. The van der Waals surface area contributed by atoms with Crippen LogP contribution in [0.15, 0.2) is 73.8 Å². The fourth-order valence-corrected chi connectivity index (χ4v) is 4.73. The number of ether oxygens (including phenoxy) is 2. The molecule has 1 aliphatic rings. The lowest BCUT2D eigenvalue weighted by molar-refractivity contribution is -0.152. The maximum absolute atomic E-state index is 14.2. The van der Waals surface area contributed by atoms with E-state index in [4.69, 9.17) is 9.47 Å². The third-order valence-corrected chi connectivity index (χ3v) is 6.47. The Hall–Kier alpha value is -4.13. The Balaban J connectivity index is 1.92. The van der Waals surface area contributed by atoms with E-state index < -0.39 is 17.2 Å². The Morgan fingerprint density at radius 2 is 1.80 bits per heavy atom. The van der Waals surface area contributed by atoms with Gasteiger partial charge < -0.3 is 18.9 Å². The molecule has 1 atom stereocenters. The molecule has 0 spiro atoms. The first-order chi connectivity index (χ1) is 16.9. The van der Waals surface area contributed by atoms with Crippen molar-refractivity contribution < 1.29 is 23.9 Å². The van der Waals surface area contributed by atoms with Crippen molar-refractivity contribution in [1.29, 1.82) is 0 Å². The summed E-state index contributed by atoms with van der Waals surface area (Å²) in [7, 11) is 3.34. The number of nitrogens with zero attached hydrogens (tertiary/aromatic N) is 2. The lowest BCUT2D eigenvalue weighted by Gasteiger charge is -2.32. The van der Waals surface area contributed by atoms with E-state index in [2.05, 4.69) is 13.2 Å². The van der Waals surface area contributed by atoms with E-state index in [0.717, 1.165) is 11.1 Å². The molecule has 7 heteroatoms. The summed E-state index contributed by atoms with van der Waals surface area (Å²) in [4.78, 5) is 43.2. The van der Waals surface area contributed by atoms with Crippen LogP contribution < -0.4 is 4.74 Å². The average molecular weight is 473 g/mol. The summed E-state index contributed by atoms with van der Waals surface area (Å²) < 4.78 is 12.4. The number of rotatable bonds is 8. The van der Waals surface area contributed by atoms with Crippen LogP contribution in [0.5, 0.6) is 5.75 Å². The van der Waals surface area contributed by atoms with E-state index in [-0.39, 0.29) is 43.3 Å². The second kappa shape index (κ2) is 9.62. The molecular weight excluding hydrogens is 444 g/mol. The first-order valence-electron chi connectivity index (χ1n) is 11.3. The number of allylic oxidation sites excluding steroid dienone is 1. The van der Waals surface area contributed by atoms with Crippen molar-refractivity contribution in [3.8, 4) is 5.75 Å². The van der Waals surface area contributed by atoms with Gasteiger partial charge in [-0.05, 0) is 30.2 Å². The minimum atomic E-state index is -1.64. The van der Waals surface area contributed by atoms with E-state index in [9.17, 15) is 14.4 Å². The van der Waals surface area contributed by atoms with Crippen LogP contribution in [0.25, 0.3) is 10.9 Å². The maximum atomic E-state index is 14.2. The normalized spacial score (nSPS) is 17.6. The molecule has 3 aromatic rings. The molecule has 0 saturated heterocycles. The molecular formula is C28H28N2O5. The van der Waals surface area contributed by atoms with E-state index in [1.807, 2.05) is 30.3 Å². The SMILES string of the molecule is C=CCOC(=O)C1(CC=C)CN(Cc2ccc(OC)cc2)C(=O)c2c(c3ccccc3n2C)C1=O. The number of hydrogen-bond donors (Lipinski definition) is 0. The van der Waals surface area contributed by atoms with Crippen LogP contribution >= 0.6 is 0 Å². The Kier molecular flexibility index (Phi) is 6.60. The predicted molar refractivity (Wildman–Crippen MR) is 133 cm³/mol. The number of ketones is 1. The number of para-hydroxylation sites is 1. The van der Waals surface area contributed by atoms with Crippen molar-refractivity contribution in [2.24, 2.45) is 12.5 Å². The van der Waals surface area contributed by atoms with Crippen molar-refractivity contribution in [1.82, 2.24) is 9.47 Å². The van der Waals surface area contributed by atoms with E-state index >= 15 is 0 Å². The van der Waals surface area contributed by atoms with E-state index in [1.165, 1.54) is 12.2 Å². The van der Waals surface area contributed by atoms with Gasteiger partial charge in [-0.1, -0.05) is 49.1 Å². The number of aromatic nitrogens is 1. The molecule has 2 heterocycles. The fraction of sp³-hybridized carbons (Fsp3) is 0.250. The molecule has 0 saturated carbocycles. The largest absolute Gasteiger partial charge is 0.497 e. The van der Waals surface area contributed by atoms with Crippen molar-refractivity contribution in [3.63, 3.8) is 0 Å². The number of fused-ring (bicyclic) bond motifs is 3. The second-order valence-electron chi connectivity index (χ2n) is 8.60. The summed E-state index contributed by atoms with van der Waals surface area (Å²) in [6.07, 6.45) is 3.00. The molecule has 35 heavy (non-hydrogen) atoms. The highest BCUT2D eigenvalue weighted by atomic mass is 16.5. The summed E-state index contributed by atoms with van der Waals surface area (Å²) in [5.41, 5.74) is 0.426. The van der Waals surface area contributed by atoms with Crippen LogP contribution in [0, 0.1) is 5.41 Å². The molecule has 7 nitrogen and oxygen atoms in total. The number of carbonyl (C=O) groups is 3. The van der Waals surface area contributed by atoms with Gasteiger partial charge in [-0.3, -0.25) is 14.4 Å². The third kappa shape index (κ3) is 4.03. The van der Waals surface area contributed by atoms with Crippen LogP contribution in [0.1, 0.15) is 32.8 Å². The zero-order chi connectivity index (χ0) is 25.2. The van der Waals surface area contributed by atoms with Gasteiger partial charge in [0.2, 0.25) is 0 Å². The van der Waals surface area contributed by atoms with Gasteiger partial charge in [-0.15, -0.1) is 6.58 Å². The molecule has 1 aliphatic heterocycles. The zero-order valence-electron chi connectivity index (χ0n) is 20.0. The molecule has 2 aromatic carbocycles. The number of benzene rings is 2. The monoisotopic (exact) mass is 472 g/mol. The average Bonchev–Trinajstić information content (AvgIpc) is 3.13. The molecule has 1 unspecified atom stereocenters. The van der Waals surface area contributed by atoms with Gasteiger partial charge in [-0.2, -0.15) is 0 Å². The first kappa shape index (κ1) is 24.0. The molecule has 1 amide bonds. The van der Waals surface area contributed by atoms with Gasteiger partial charge in [0.1, 0.15) is 18.1 Å². The quantitative estimate of drug-likeness (QED) is 0.277. The number of carbonyl (C=O) groups excluding carboxylic acids is 3. The third-order valence-electron chi connectivity index (χ3n) is 6.47. The number of hydrogen-bond acceptors (Lipinski definition) is 5. The first-order valence-corrected chi connectivity index (χ1v) is 11.3. The summed E-state index contributed by atoms with van der Waals surface area (Å²) in [5, 5.41) is 0.625. The second-order valence-corrected chi connectivity index (χ2v) is 8.60. The highest BCUT2D eigenvalue weighted by Crippen LogP contribution is 2.40. The smallest absolute Gasteiger partial charge is 0.322 e. The molecule has 0 fully saturated rings. The Bertz CT molecular complexity index is 1320. The van der Waals surface area contributed by atoms with E-state index in [0.29, 0.717) is 11.1 Å². The van der Waals surface area contributed by atoms with Crippen LogP contribution in [0.4, 0.5) is 0 Å². The highest BCUT2D eigenvalue weighted by Gasteiger charge is 2.53. The Morgan fingerprint density at radius 1 is 1.09 bits per heavy atom. The minimum Gasteiger partial charge on any atom is -0.497 e. The summed E-state index contributed by atoms with van der Waals surface area (Å²) in [6.45, 7) is 7.42. The van der Waals surface area contributed by atoms with Crippen LogP contribution in [0.3, 0.4) is 0 Å². The molecule has 180 valence electrons. The fourth-order valence-electron chi connectivity index (χ4n) is 4.73. The minimum absolute atomic E-state index is 0.0247. The van der Waals surface area contributed by atoms with Crippen molar-refractivity contribution in [3.05, 3.63) is 90.7 Å². The lowest BCUT2D eigenvalue weighted by atomic mass is 9.77. The number of amides is 1. The maximum Gasteiger partial charge on any atom is 0.322 e. The van der Waals surface area contributed by atoms with Gasteiger partial charge >= 0.3 is 5.97 Å². The predicted octanol–water partition coefficient (Wildman–Crippen LogP) is 4.32. The Labute approximate surface area is 204 Å². The van der Waals surface area contributed by atoms with Crippen LogP contribution in [-0.2, 0) is 23.1 Å². The van der Waals surface area contributed by atoms with Crippen molar-refractivity contribution in [2.45, 2.75) is 13.0 Å². The van der Waals surface area contributed by atoms with Gasteiger partial charge in [0.05, 0.1) is 12.7 Å². The van der Waals surface area contributed by atoms with Gasteiger partial charge in [0.15, 0.2) is 11.2 Å². The zero-order valence-corrected chi connectivity index (χ0v) is 20.0. The van der Waals surface area contributed by atoms with Gasteiger partial charge in [0, 0.05) is 31.0 Å². The van der Waals surface area contributed by atoms with Crippen molar-refractivity contribution in [2.75, 3.05) is 20.3 Å².